The minimum absolute atomic E-state index is 0.0312. The lowest BCUT2D eigenvalue weighted by molar-refractivity contribution is -0.138. The predicted molar refractivity (Wildman–Crippen MR) is 81.7 cm³/mol. The highest BCUT2D eigenvalue weighted by Gasteiger charge is 2.34. The second-order valence-electron chi connectivity index (χ2n) is 5.97. The smallest absolute Gasteiger partial charge is 0.383 e. The summed E-state index contributed by atoms with van der Waals surface area (Å²) in [6.07, 6.45) is -6.19. The lowest BCUT2D eigenvalue weighted by atomic mass is 9.98. The number of carbonyl (C=O) groups is 2. The number of amides is 2. The Balaban J connectivity index is 2.93. The molecule has 8 heteroatoms. The molecule has 134 valence electrons. The molecule has 0 spiro atoms. The van der Waals surface area contributed by atoms with Gasteiger partial charge in [0.05, 0.1) is 5.56 Å². The number of aliphatic hydroxyl groups is 1. The molecule has 2 amide bonds. The molecule has 0 heterocycles. The van der Waals surface area contributed by atoms with Crippen LogP contribution in [0.5, 0.6) is 0 Å². The maximum atomic E-state index is 13.0. The molecular weight excluding hydrogens is 325 g/mol. The van der Waals surface area contributed by atoms with Crippen molar-refractivity contribution in [3.8, 4) is 0 Å². The van der Waals surface area contributed by atoms with Crippen LogP contribution in [0.15, 0.2) is 24.3 Å². The zero-order valence-electron chi connectivity index (χ0n) is 13.4. The maximum absolute atomic E-state index is 13.0. The summed E-state index contributed by atoms with van der Waals surface area (Å²) in [5.74, 6) is -1.78. The van der Waals surface area contributed by atoms with E-state index in [4.69, 9.17) is 5.73 Å². The lowest BCUT2D eigenvalue weighted by Crippen LogP contribution is -2.49. The highest BCUT2D eigenvalue weighted by Crippen LogP contribution is 2.32. The minimum Gasteiger partial charge on any atom is -0.383 e. The third kappa shape index (κ3) is 5.84. The van der Waals surface area contributed by atoms with Crippen molar-refractivity contribution >= 4 is 11.8 Å². The van der Waals surface area contributed by atoms with Crippen molar-refractivity contribution in [2.75, 3.05) is 0 Å². The number of aliphatic hydroxyl groups excluding tert-OH is 1. The fourth-order valence-corrected chi connectivity index (χ4v) is 2.24. The van der Waals surface area contributed by atoms with E-state index in [0.717, 1.165) is 6.07 Å². The molecule has 0 saturated heterocycles. The standard InChI is InChI=1S/C16H21F3N2O3/c1-9(2)7-13(22)15(24)21-12(14(20)23)8-10-5-3-4-6-11(10)16(17,18)19/h3-6,9,12-13,22H,7-8H2,1-2H3,(H2,20,23)(H,21,24)/t12-,13+/m0/s1. The summed E-state index contributed by atoms with van der Waals surface area (Å²) in [7, 11) is 0. The molecular formula is C16H21F3N2O3. The number of rotatable bonds is 7. The maximum Gasteiger partial charge on any atom is 0.416 e. The van der Waals surface area contributed by atoms with Crippen molar-refractivity contribution in [1.82, 2.24) is 5.32 Å². The van der Waals surface area contributed by atoms with Crippen LogP contribution >= 0.6 is 0 Å². The van der Waals surface area contributed by atoms with Gasteiger partial charge in [-0.05, 0) is 24.0 Å². The summed E-state index contributed by atoms with van der Waals surface area (Å²) in [5.41, 5.74) is 4.12. The Hall–Kier alpha value is -2.09. The van der Waals surface area contributed by atoms with Gasteiger partial charge in [0.1, 0.15) is 12.1 Å². The van der Waals surface area contributed by atoms with E-state index < -0.39 is 42.1 Å². The van der Waals surface area contributed by atoms with Crippen LogP contribution in [0.4, 0.5) is 13.2 Å². The molecule has 0 aromatic heterocycles. The zero-order valence-corrected chi connectivity index (χ0v) is 13.4. The lowest BCUT2D eigenvalue weighted by Gasteiger charge is -2.20. The molecule has 2 atom stereocenters. The van der Waals surface area contributed by atoms with Gasteiger partial charge in [-0.15, -0.1) is 0 Å². The number of benzene rings is 1. The molecule has 4 N–H and O–H groups in total. The van der Waals surface area contributed by atoms with Crippen molar-refractivity contribution in [3.63, 3.8) is 0 Å². The average Bonchev–Trinajstić information content (AvgIpc) is 2.45. The number of alkyl halides is 3. The van der Waals surface area contributed by atoms with Crippen molar-refractivity contribution in [3.05, 3.63) is 35.4 Å². The highest BCUT2D eigenvalue weighted by molar-refractivity contribution is 5.88. The molecule has 1 aromatic rings. The second-order valence-corrected chi connectivity index (χ2v) is 5.97. The molecule has 0 saturated carbocycles. The van der Waals surface area contributed by atoms with Gasteiger partial charge in [-0.1, -0.05) is 32.0 Å². The van der Waals surface area contributed by atoms with E-state index >= 15 is 0 Å². The number of nitrogens with one attached hydrogen (secondary N) is 1. The van der Waals surface area contributed by atoms with Crippen molar-refractivity contribution in [2.24, 2.45) is 11.7 Å². The van der Waals surface area contributed by atoms with E-state index in [-0.39, 0.29) is 17.9 Å². The first kappa shape index (κ1) is 20.0. The van der Waals surface area contributed by atoms with Gasteiger partial charge in [-0.2, -0.15) is 13.2 Å². The van der Waals surface area contributed by atoms with Gasteiger partial charge in [-0.25, -0.2) is 0 Å². The Morgan fingerprint density at radius 2 is 1.83 bits per heavy atom. The Bertz CT molecular complexity index is 588. The third-order valence-corrected chi connectivity index (χ3v) is 3.40. The molecule has 24 heavy (non-hydrogen) atoms. The number of carbonyl (C=O) groups excluding carboxylic acids is 2. The molecule has 0 bridgehead atoms. The topological polar surface area (TPSA) is 92.4 Å². The largest absolute Gasteiger partial charge is 0.416 e. The molecule has 0 radical (unpaired) electrons. The third-order valence-electron chi connectivity index (χ3n) is 3.40. The monoisotopic (exact) mass is 346 g/mol. The quantitative estimate of drug-likeness (QED) is 0.700. The van der Waals surface area contributed by atoms with Crippen LogP contribution in [0, 0.1) is 5.92 Å². The van der Waals surface area contributed by atoms with Gasteiger partial charge in [0, 0.05) is 6.42 Å². The molecule has 1 rings (SSSR count). The van der Waals surface area contributed by atoms with Crippen LogP contribution in [-0.2, 0) is 22.2 Å². The number of hydrogen-bond acceptors (Lipinski definition) is 3. The van der Waals surface area contributed by atoms with E-state index in [9.17, 15) is 27.9 Å². The summed E-state index contributed by atoms with van der Waals surface area (Å²) < 4.78 is 39.0. The van der Waals surface area contributed by atoms with Crippen LogP contribution < -0.4 is 11.1 Å². The van der Waals surface area contributed by atoms with Crippen LogP contribution in [0.1, 0.15) is 31.4 Å². The summed E-state index contributed by atoms with van der Waals surface area (Å²) in [5, 5.41) is 11.9. The molecule has 5 nitrogen and oxygen atoms in total. The van der Waals surface area contributed by atoms with E-state index in [1.54, 1.807) is 13.8 Å². The summed E-state index contributed by atoms with van der Waals surface area (Å²) in [6.45, 7) is 3.59. The number of halogens is 3. The second kappa shape index (κ2) is 8.14. The molecule has 0 unspecified atom stereocenters. The van der Waals surface area contributed by atoms with Crippen LogP contribution in [0.3, 0.4) is 0 Å². The summed E-state index contributed by atoms with van der Waals surface area (Å²) >= 11 is 0. The van der Waals surface area contributed by atoms with Crippen molar-refractivity contribution in [2.45, 2.75) is 45.0 Å². The van der Waals surface area contributed by atoms with E-state index in [2.05, 4.69) is 5.32 Å². The Labute approximate surface area is 138 Å². The first-order chi connectivity index (χ1) is 11.0. The fraction of sp³-hybridized carbons (Fsp3) is 0.500. The first-order valence-corrected chi connectivity index (χ1v) is 7.45. The number of nitrogens with two attached hydrogens (primary N) is 1. The normalized spacial score (nSPS) is 14.3. The van der Waals surface area contributed by atoms with E-state index in [1.165, 1.54) is 18.2 Å². The molecule has 0 aliphatic heterocycles. The summed E-state index contributed by atoms with van der Waals surface area (Å²) in [4.78, 5) is 23.4. The van der Waals surface area contributed by atoms with Crippen LogP contribution in [0.2, 0.25) is 0 Å². The van der Waals surface area contributed by atoms with Crippen molar-refractivity contribution in [1.29, 1.82) is 0 Å². The molecule has 0 aliphatic carbocycles. The minimum atomic E-state index is -4.58. The SMILES string of the molecule is CC(C)C[C@@H](O)C(=O)N[C@@H](Cc1ccccc1C(F)(F)F)C(N)=O. The Morgan fingerprint density at radius 1 is 1.25 bits per heavy atom. The Morgan fingerprint density at radius 3 is 2.33 bits per heavy atom. The first-order valence-electron chi connectivity index (χ1n) is 7.45. The highest BCUT2D eigenvalue weighted by atomic mass is 19.4. The molecule has 0 aliphatic rings. The average molecular weight is 346 g/mol. The predicted octanol–water partition coefficient (Wildman–Crippen LogP) is 1.62. The van der Waals surface area contributed by atoms with Gasteiger partial charge in [0.15, 0.2) is 0 Å². The van der Waals surface area contributed by atoms with Gasteiger partial charge in [0.2, 0.25) is 11.8 Å². The zero-order chi connectivity index (χ0) is 18.5. The number of hydrogen-bond donors (Lipinski definition) is 3. The van der Waals surface area contributed by atoms with Crippen LogP contribution in [-0.4, -0.2) is 29.1 Å². The van der Waals surface area contributed by atoms with Crippen LogP contribution in [0.25, 0.3) is 0 Å². The van der Waals surface area contributed by atoms with Crippen molar-refractivity contribution < 1.29 is 27.9 Å². The fourth-order valence-electron chi connectivity index (χ4n) is 2.24. The van der Waals surface area contributed by atoms with E-state index in [0.29, 0.717) is 0 Å². The van der Waals surface area contributed by atoms with Gasteiger partial charge < -0.3 is 16.2 Å². The number of primary amides is 1. The Kier molecular flexibility index (Phi) is 6.77. The van der Waals surface area contributed by atoms with E-state index in [1.807, 2.05) is 0 Å². The van der Waals surface area contributed by atoms with Gasteiger partial charge >= 0.3 is 6.18 Å². The molecule has 0 fully saturated rings. The van der Waals surface area contributed by atoms with Gasteiger partial charge in [0.25, 0.3) is 0 Å². The summed E-state index contributed by atoms with van der Waals surface area (Å²) in [6, 6.07) is 3.40. The van der Waals surface area contributed by atoms with Gasteiger partial charge in [-0.3, -0.25) is 9.59 Å². The molecule has 1 aromatic carbocycles.